The van der Waals surface area contributed by atoms with Crippen molar-refractivity contribution in [2.45, 2.75) is 13.3 Å². The van der Waals surface area contributed by atoms with E-state index in [2.05, 4.69) is 34.7 Å². The SMILES string of the molecule is Cc1cc(I)ccc1N1C(=O)[C@@H]2[C@H](C1=O)[C@H]1C=C[C@@H]2C1. The summed E-state index contributed by atoms with van der Waals surface area (Å²) in [5, 5.41) is 0. The Bertz CT molecular complexity index is 636. The van der Waals surface area contributed by atoms with E-state index in [1.165, 1.54) is 4.90 Å². The Kier molecular flexibility index (Phi) is 2.61. The molecule has 4 rings (SSSR count). The Hall–Kier alpha value is -1.17. The summed E-state index contributed by atoms with van der Waals surface area (Å²) in [7, 11) is 0. The molecule has 1 saturated carbocycles. The van der Waals surface area contributed by atoms with Crippen molar-refractivity contribution in [2.75, 3.05) is 4.90 Å². The number of halogens is 1. The zero-order valence-electron chi connectivity index (χ0n) is 11.0. The van der Waals surface area contributed by atoms with Crippen LogP contribution in [0.4, 0.5) is 5.69 Å². The number of benzene rings is 1. The van der Waals surface area contributed by atoms with Crippen LogP contribution in [0, 0.1) is 34.2 Å². The molecule has 20 heavy (non-hydrogen) atoms. The van der Waals surface area contributed by atoms with Crippen LogP contribution in [0.5, 0.6) is 0 Å². The highest BCUT2D eigenvalue weighted by Crippen LogP contribution is 2.53. The van der Waals surface area contributed by atoms with Gasteiger partial charge in [0.2, 0.25) is 11.8 Å². The van der Waals surface area contributed by atoms with Gasteiger partial charge < -0.3 is 0 Å². The predicted molar refractivity (Wildman–Crippen MR) is 84.1 cm³/mol. The summed E-state index contributed by atoms with van der Waals surface area (Å²) >= 11 is 2.24. The molecule has 3 nitrogen and oxygen atoms in total. The number of fused-ring (bicyclic) bond motifs is 5. The summed E-state index contributed by atoms with van der Waals surface area (Å²) in [6, 6.07) is 5.85. The standard InChI is InChI=1S/C16H14INO2/c1-8-6-11(17)4-5-12(8)18-15(19)13-9-2-3-10(7-9)14(13)16(18)20/h2-6,9-10,13-14H,7H2,1H3/t9-,10+,13+,14-. The van der Waals surface area contributed by atoms with Crippen molar-refractivity contribution in [2.24, 2.45) is 23.7 Å². The van der Waals surface area contributed by atoms with Crippen LogP contribution in [0.25, 0.3) is 0 Å². The monoisotopic (exact) mass is 379 g/mol. The highest BCUT2D eigenvalue weighted by molar-refractivity contribution is 14.1. The van der Waals surface area contributed by atoms with Gasteiger partial charge in [-0.1, -0.05) is 12.2 Å². The summed E-state index contributed by atoms with van der Waals surface area (Å²) in [5.41, 5.74) is 1.74. The van der Waals surface area contributed by atoms with E-state index in [1.54, 1.807) is 0 Å². The minimum atomic E-state index is -0.115. The van der Waals surface area contributed by atoms with Crippen LogP contribution in [0.2, 0.25) is 0 Å². The van der Waals surface area contributed by atoms with E-state index in [9.17, 15) is 9.59 Å². The van der Waals surface area contributed by atoms with Crippen molar-refractivity contribution in [3.05, 3.63) is 39.5 Å². The van der Waals surface area contributed by atoms with Crippen molar-refractivity contribution in [3.8, 4) is 0 Å². The second-order valence-corrected chi connectivity index (χ2v) is 7.19. The smallest absolute Gasteiger partial charge is 0.238 e. The zero-order chi connectivity index (χ0) is 14.0. The fourth-order valence-corrected chi connectivity index (χ4v) is 4.66. The third-order valence-corrected chi connectivity index (χ3v) is 5.54. The molecule has 1 heterocycles. The van der Waals surface area contributed by atoms with Crippen LogP contribution < -0.4 is 4.90 Å². The van der Waals surface area contributed by atoms with E-state index in [0.29, 0.717) is 0 Å². The number of hydrogen-bond donors (Lipinski definition) is 0. The Morgan fingerprint density at radius 3 is 2.25 bits per heavy atom. The maximum atomic E-state index is 12.7. The topological polar surface area (TPSA) is 37.4 Å². The third-order valence-electron chi connectivity index (χ3n) is 4.87. The van der Waals surface area contributed by atoms with Crippen LogP contribution in [0.15, 0.2) is 30.4 Å². The van der Waals surface area contributed by atoms with Gasteiger partial charge >= 0.3 is 0 Å². The molecule has 4 heteroatoms. The number of imide groups is 1. The Balaban J connectivity index is 1.78. The molecule has 1 aromatic carbocycles. The number of anilines is 1. The van der Waals surface area contributed by atoms with Crippen LogP contribution in [-0.4, -0.2) is 11.8 Å². The Morgan fingerprint density at radius 1 is 1.10 bits per heavy atom. The van der Waals surface area contributed by atoms with Crippen LogP contribution in [0.3, 0.4) is 0 Å². The number of hydrogen-bond acceptors (Lipinski definition) is 2. The van der Waals surface area contributed by atoms with Gasteiger partial charge in [-0.15, -0.1) is 0 Å². The average Bonchev–Trinajstić information content (AvgIpc) is 3.06. The molecule has 1 aliphatic heterocycles. The number of amides is 2. The molecule has 0 radical (unpaired) electrons. The van der Waals surface area contributed by atoms with E-state index in [1.807, 2.05) is 25.1 Å². The fraction of sp³-hybridized carbons (Fsp3) is 0.375. The summed E-state index contributed by atoms with van der Waals surface area (Å²) < 4.78 is 1.12. The highest BCUT2D eigenvalue weighted by Gasteiger charge is 2.59. The molecule has 2 amide bonds. The Morgan fingerprint density at radius 2 is 1.70 bits per heavy atom. The Labute approximate surface area is 131 Å². The van der Waals surface area contributed by atoms with Gasteiger partial charge in [-0.05, 0) is 71.5 Å². The van der Waals surface area contributed by atoms with Crippen LogP contribution in [-0.2, 0) is 9.59 Å². The molecule has 4 atom stereocenters. The number of carbonyl (C=O) groups excluding carboxylic acids is 2. The van der Waals surface area contributed by atoms with Gasteiger partial charge in [-0.25, -0.2) is 4.90 Å². The van der Waals surface area contributed by atoms with E-state index in [-0.39, 0.29) is 35.5 Å². The number of allylic oxidation sites excluding steroid dienone is 2. The van der Waals surface area contributed by atoms with Gasteiger partial charge in [0, 0.05) is 3.57 Å². The molecule has 0 N–H and O–H groups in total. The molecule has 0 unspecified atom stereocenters. The van der Waals surface area contributed by atoms with E-state index < -0.39 is 0 Å². The molecule has 2 fully saturated rings. The first-order chi connectivity index (χ1) is 9.58. The molecule has 102 valence electrons. The fourth-order valence-electron chi connectivity index (χ4n) is 4.01. The van der Waals surface area contributed by atoms with E-state index in [0.717, 1.165) is 21.2 Å². The molecule has 2 aliphatic carbocycles. The molecule has 1 aromatic rings. The summed E-state index contributed by atoms with van der Waals surface area (Å²) in [5.74, 6) is 0.320. The van der Waals surface area contributed by atoms with Gasteiger partial charge in [0.15, 0.2) is 0 Å². The molecular formula is C16H14INO2. The lowest BCUT2D eigenvalue weighted by Gasteiger charge is -2.19. The molecular weight excluding hydrogens is 365 g/mol. The zero-order valence-corrected chi connectivity index (χ0v) is 13.2. The summed E-state index contributed by atoms with van der Waals surface area (Å²) in [4.78, 5) is 26.8. The van der Waals surface area contributed by atoms with Gasteiger partial charge in [-0.3, -0.25) is 9.59 Å². The number of carbonyl (C=O) groups is 2. The minimum absolute atomic E-state index is 0.00107. The van der Waals surface area contributed by atoms with Gasteiger partial charge in [0.1, 0.15) is 0 Å². The van der Waals surface area contributed by atoms with Crippen molar-refractivity contribution in [3.63, 3.8) is 0 Å². The molecule has 2 bridgehead atoms. The molecule has 0 spiro atoms. The second-order valence-electron chi connectivity index (χ2n) is 5.94. The number of rotatable bonds is 1. The van der Waals surface area contributed by atoms with Gasteiger partial charge in [0.05, 0.1) is 17.5 Å². The van der Waals surface area contributed by atoms with Crippen LogP contribution in [0.1, 0.15) is 12.0 Å². The predicted octanol–water partition coefficient (Wildman–Crippen LogP) is 2.91. The second kappa shape index (κ2) is 4.16. The summed E-state index contributed by atoms with van der Waals surface area (Å²) in [6.07, 6.45) is 5.23. The first-order valence-electron chi connectivity index (χ1n) is 6.90. The number of nitrogens with zero attached hydrogens (tertiary/aromatic N) is 1. The van der Waals surface area contributed by atoms with E-state index in [4.69, 9.17) is 0 Å². The lowest BCUT2D eigenvalue weighted by Crippen LogP contribution is -2.33. The normalized spacial score (nSPS) is 34.2. The first kappa shape index (κ1) is 12.6. The van der Waals surface area contributed by atoms with Crippen LogP contribution >= 0.6 is 22.6 Å². The first-order valence-corrected chi connectivity index (χ1v) is 7.98. The molecule has 3 aliphatic rings. The van der Waals surface area contributed by atoms with Gasteiger partial charge in [-0.2, -0.15) is 0 Å². The minimum Gasteiger partial charge on any atom is -0.274 e. The maximum absolute atomic E-state index is 12.7. The van der Waals surface area contributed by atoms with Crippen molar-refractivity contribution in [1.29, 1.82) is 0 Å². The van der Waals surface area contributed by atoms with Crippen molar-refractivity contribution < 1.29 is 9.59 Å². The van der Waals surface area contributed by atoms with Crippen molar-refractivity contribution in [1.82, 2.24) is 0 Å². The maximum Gasteiger partial charge on any atom is 0.238 e. The average molecular weight is 379 g/mol. The lowest BCUT2D eigenvalue weighted by atomic mass is 9.85. The van der Waals surface area contributed by atoms with Crippen molar-refractivity contribution >= 4 is 40.1 Å². The molecule has 0 aromatic heterocycles. The summed E-state index contributed by atoms with van der Waals surface area (Å²) in [6.45, 7) is 1.96. The molecule has 1 saturated heterocycles. The van der Waals surface area contributed by atoms with E-state index >= 15 is 0 Å². The largest absolute Gasteiger partial charge is 0.274 e. The third kappa shape index (κ3) is 1.51. The quantitative estimate of drug-likeness (QED) is 0.428. The van der Waals surface area contributed by atoms with Gasteiger partial charge in [0.25, 0.3) is 0 Å². The lowest BCUT2D eigenvalue weighted by molar-refractivity contribution is -0.123. The highest BCUT2D eigenvalue weighted by atomic mass is 127. The number of aryl methyl sites for hydroxylation is 1.